The van der Waals surface area contributed by atoms with Crippen LogP contribution in [0.5, 0.6) is 0 Å². The predicted molar refractivity (Wildman–Crippen MR) is 91.4 cm³/mol. The zero-order chi connectivity index (χ0) is 18.5. The van der Waals surface area contributed by atoms with E-state index < -0.39 is 36.6 Å². The molecule has 4 atom stereocenters. The number of rotatable bonds is 5. The van der Waals surface area contributed by atoms with Gasteiger partial charge in [-0.15, -0.1) is 0 Å². The van der Waals surface area contributed by atoms with Gasteiger partial charge in [-0.05, 0) is 30.7 Å². The van der Waals surface area contributed by atoms with Gasteiger partial charge in [-0.1, -0.05) is 43.3 Å². The van der Waals surface area contributed by atoms with Crippen molar-refractivity contribution < 1.29 is 28.2 Å². The zero-order valence-corrected chi connectivity index (χ0v) is 14.2. The van der Waals surface area contributed by atoms with Crippen molar-refractivity contribution in [2.75, 3.05) is 0 Å². The molecule has 0 aliphatic carbocycles. The van der Waals surface area contributed by atoms with Crippen LogP contribution in [0.4, 0.5) is 4.39 Å². The van der Waals surface area contributed by atoms with Crippen molar-refractivity contribution in [3.63, 3.8) is 0 Å². The smallest absolute Gasteiger partial charge is 0.340 e. The molecule has 0 spiro atoms. The van der Waals surface area contributed by atoms with Crippen LogP contribution in [0.1, 0.15) is 34.1 Å². The fourth-order valence-electron chi connectivity index (χ4n) is 2.76. The van der Waals surface area contributed by atoms with E-state index >= 15 is 0 Å². The van der Waals surface area contributed by atoms with Crippen LogP contribution in [0.3, 0.4) is 0 Å². The van der Waals surface area contributed by atoms with Crippen LogP contribution in [0.15, 0.2) is 60.7 Å². The lowest BCUT2D eigenvalue weighted by Gasteiger charge is -2.18. The monoisotopic (exact) mass is 358 g/mol. The van der Waals surface area contributed by atoms with Crippen molar-refractivity contribution in [3.05, 3.63) is 71.8 Å². The minimum absolute atomic E-state index is 0.293. The average Bonchev–Trinajstić information content (AvgIpc) is 2.98. The molecule has 1 unspecified atom stereocenters. The number of carbonyl (C=O) groups excluding carboxylic acids is 2. The Morgan fingerprint density at radius 2 is 1.42 bits per heavy atom. The van der Waals surface area contributed by atoms with E-state index in [-0.39, 0.29) is 0 Å². The molecule has 5 nitrogen and oxygen atoms in total. The fourth-order valence-corrected chi connectivity index (χ4v) is 2.76. The Morgan fingerprint density at radius 1 is 0.923 bits per heavy atom. The summed E-state index contributed by atoms with van der Waals surface area (Å²) in [6.07, 6.45) is -4.60. The number of ether oxygens (including phenoxy) is 3. The highest BCUT2D eigenvalue weighted by Gasteiger charge is 2.49. The molecule has 3 rings (SSSR count). The van der Waals surface area contributed by atoms with Gasteiger partial charge in [0.2, 0.25) is 12.5 Å². The van der Waals surface area contributed by atoms with Crippen molar-refractivity contribution in [3.8, 4) is 0 Å². The van der Waals surface area contributed by atoms with Gasteiger partial charge in [0.25, 0.3) is 0 Å². The summed E-state index contributed by atoms with van der Waals surface area (Å²) in [5, 5.41) is 0. The lowest BCUT2D eigenvalue weighted by atomic mass is 10.1. The summed E-state index contributed by atoms with van der Waals surface area (Å²) in [6, 6.07) is 16.6. The molecule has 26 heavy (non-hydrogen) atoms. The standard InChI is InChI=1S/C20H19FO5/c1-2-15-17(25-18(22)13-9-5-3-6-10-13)16(21)20(24-15)26-19(23)14-11-7-4-8-12-14/h3-12,15-17,20H,2H2,1H3/t15-,16+,17?,20+/m1/s1. The maximum Gasteiger partial charge on any atom is 0.340 e. The highest BCUT2D eigenvalue weighted by Crippen LogP contribution is 2.30. The van der Waals surface area contributed by atoms with Gasteiger partial charge in [0.15, 0.2) is 6.10 Å². The molecule has 6 heteroatoms. The van der Waals surface area contributed by atoms with E-state index in [4.69, 9.17) is 14.2 Å². The molecular formula is C20H19FO5. The minimum Gasteiger partial charge on any atom is -0.453 e. The molecule has 0 saturated carbocycles. The third-order valence-corrected chi connectivity index (χ3v) is 4.14. The summed E-state index contributed by atoms with van der Waals surface area (Å²) < 4.78 is 30.7. The van der Waals surface area contributed by atoms with E-state index in [9.17, 15) is 14.0 Å². The van der Waals surface area contributed by atoms with Crippen molar-refractivity contribution in [2.24, 2.45) is 0 Å². The normalized spacial score (nSPS) is 24.8. The molecule has 0 aromatic heterocycles. The van der Waals surface area contributed by atoms with Crippen LogP contribution >= 0.6 is 0 Å². The van der Waals surface area contributed by atoms with Crippen LogP contribution in [0, 0.1) is 0 Å². The van der Waals surface area contributed by atoms with E-state index in [1.54, 1.807) is 67.6 Å². The summed E-state index contributed by atoms with van der Waals surface area (Å²) >= 11 is 0. The Bertz CT molecular complexity index is 749. The van der Waals surface area contributed by atoms with Gasteiger partial charge in [0, 0.05) is 0 Å². The third-order valence-electron chi connectivity index (χ3n) is 4.14. The molecule has 0 radical (unpaired) electrons. The van der Waals surface area contributed by atoms with Gasteiger partial charge in [0.1, 0.15) is 6.10 Å². The highest BCUT2D eigenvalue weighted by atomic mass is 19.1. The molecule has 0 amide bonds. The lowest BCUT2D eigenvalue weighted by molar-refractivity contribution is -0.121. The summed E-state index contributed by atoms with van der Waals surface area (Å²) in [4.78, 5) is 24.3. The maximum absolute atomic E-state index is 14.8. The first-order chi connectivity index (χ1) is 12.6. The molecular weight excluding hydrogens is 339 g/mol. The summed E-state index contributed by atoms with van der Waals surface area (Å²) in [7, 11) is 0. The summed E-state index contributed by atoms with van der Waals surface area (Å²) in [6.45, 7) is 1.78. The number of halogens is 1. The molecule has 2 aromatic rings. The molecule has 1 saturated heterocycles. The first-order valence-corrected chi connectivity index (χ1v) is 8.41. The van der Waals surface area contributed by atoms with Gasteiger partial charge in [-0.25, -0.2) is 14.0 Å². The van der Waals surface area contributed by atoms with Gasteiger partial charge in [-0.2, -0.15) is 0 Å². The Labute approximate surface area is 150 Å². The molecule has 2 aromatic carbocycles. The van der Waals surface area contributed by atoms with Gasteiger partial charge in [-0.3, -0.25) is 0 Å². The average molecular weight is 358 g/mol. The first-order valence-electron chi connectivity index (χ1n) is 8.41. The van der Waals surface area contributed by atoms with Crippen LogP contribution < -0.4 is 0 Å². The topological polar surface area (TPSA) is 61.8 Å². The van der Waals surface area contributed by atoms with Crippen LogP contribution in [-0.4, -0.2) is 36.6 Å². The van der Waals surface area contributed by atoms with Crippen LogP contribution in [-0.2, 0) is 14.2 Å². The van der Waals surface area contributed by atoms with Crippen LogP contribution in [0.25, 0.3) is 0 Å². The molecule has 1 aliphatic rings. The number of carbonyl (C=O) groups is 2. The first kappa shape index (κ1) is 18.1. The van der Waals surface area contributed by atoms with E-state index in [2.05, 4.69) is 0 Å². The maximum atomic E-state index is 14.8. The number of benzene rings is 2. The van der Waals surface area contributed by atoms with Gasteiger partial charge in [0.05, 0.1) is 11.1 Å². The van der Waals surface area contributed by atoms with E-state index in [0.29, 0.717) is 17.5 Å². The quantitative estimate of drug-likeness (QED) is 0.765. The molecule has 1 fully saturated rings. The summed E-state index contributed by atoms with van der Waals surface area (Å²) in [5.41, 5.74) is 0.611. The molecule has 1 heterocycles. The van der Waals surface area contributed by atoms with E-state index in [1.807, 2.05) is 0 Å². The second-order valence-corrected chi connectivity index (χ2v) is 5.90. The molecule has 1 aliphatic heterocycles. The number of hydrogen-bond donors (Lipinski definition) is 0. The van der Waals surface area contributed by atoms with Crippen molar-refractivity contribution >= 4 is 11.9 Å². The van der Waals surface area contributed by atoms with Crippen LogP contribution in [0.2, 0.25) is 0 Å². The zero-order valence-electron chi connectivity index (χ0n) is 14.2. The number of esters is 2. The SMILES string of the molecule is CC[C@H]1O[C@@H](OC(=O)c2ccccc2)[C@@H](F)C1OC(=O)c1ccccc1. The molecule has 0 N–H and O–H groups in total. The van der Waals surface area contributed by atoms with Crippen molar-refractivity contribution in [1.82, 2.24) is 0 Å². The highest BCUT2D eigenvalue weighted by molar-refractivity contribution is 5.90. The molecule has 136 valence electrons. The second-order valence-electron chi connectivity index (χ2n) is 5.90. The Hall–Kier alpha value is -2.73. The third kappa shape index (κ3) is 3.91. The second kappa shape index (κ2) is 8.10. The Morgan fingerprint density at radius 3 is 1.92 bits per heavy atom. The fraction of sp³-hybridized carbons (Fsp3) is 0.300. The van der Waals surface area contributed by atoms with Gasteiger partial charge < -0.3 is 14.2 Å². The van der Waals surface area contributed by atoms with Crippen molar-refractivity contribution in [1.29, 1.82) is 0 Å². The summed E-state index contributed by atoms with van der Waals surface area (Å²) in [5.74, 6) is -1.33. The number of hydrogen-bond acceptors (Lipinski definition) is 5. The van der Waals surface area contributed by atoms with E-state index in [0.717, 1.165) is 0 Å². The predicted octanol–water partition coefficient (Wildman–Crippen LogP) is 3.54. The van der Waals surface area contributed by atoms with Crippen molar-refractivity contribution in [2.45, 2.75) is 38.0 Å². The largest absolute Gasteiger partial charge is 0.453 e. The molecule has 0 bridgehead atoms. The number of alkyl halides is 1. The lowest BCUT2D eigenvalue weighted by Crippen LogP contribution is -2.35. The Balaban J connectivity index is 1.67. The minimum atomic E-state index is -1.76. The van der Waals surface area contributed by atoms with Gasteiger partial charge >= 0.3 is 11.9 Å². The van der Waals surface area contributed by atoms with E-state index in [1.165, 1.54) is 0 Å². The Kier molecular flexibility index (Phi) is 5.63.